The van der Waals surface area contributed by atoms with Gasteiger partial charge in [-0.1, -0.05) is 172 Å². The maximum Gasteiger partial charge on any atom is 0.0407 e. The Morgan fingerprint density at radius 1 is 0.722 bits per heavy atom. The van der Waals surface area contributed by atoms with Crippen molar-refractivity contribution in [1.82, 2.24) is 0 Å². The highest BCUT2D eigenvalue weighted by Crippen LogP contribution is 2.60. The summed E-state index contributed by atoms with van der Waals surface area (Å²) in [5.41, 5.74) is 3.32. The van der Waals surface area contributed by atoms with Gasteiger partial charge in [0.05, 0.1) is 0 Å². The van der Waals surface area contributed by atoms with E-state index < -0.39 is 0 Å². The third-order valence-corrected chi connectivity index (χ3v) is 13.2. The topological polar surface area (TPSA) is 0 Å². The number of hydrogen-bond donors (Lipinski definition) is 0. The number of allylic oxidation sites excluding steroid dienone is 8. The van der Waals surface area contributed by atoms with Crippen LogP contribution in [0.3, 0.4) is 0 Å². The standard InChI is InChI=1S/C35H60Si/c1-4-5-6-7-8-9-10-11-12-13-14-15-16-17-18-22-27-34(2)30-31-25-20-21-26-32(31)33(34)36-35(3)28-23-19-24-29-35/h19-21,23-24,26,28,31,33H,4-18,22,25,27,29-30,36H2,1-3H3. The molecular formula is C35H60Si. The predicted molar refractivity (Wildman–Crippen MR) is 166 cm³/mol. The molecule has 0 saturated heterocycles. The minimum absolute atomic E-state index is 0.232. The van der Waals surface area contributed by atoms with Crippen molar-refractivity contribution in [3.05, 3.63) is 48.1 Å². The first-order valence-electron chi connectivity index (χ1n) is 16.3. The van der Waals surface area contributed by atoms with Gasteiger partial charge >= 0.3 is 0 Å². The van der Waals surface area contributed by atoms with E-state index in [0.717, 1.165) is 11.5 Å². The van der Waals surface area contributed by atoms with Gasteiger partial charge in [-0.3, -0.25) is 0 Å². The Balaban J connectivity index is 1.26. The first kappa shape index (κ1) is 29.7. The fraction of sp³-hybridized carbons (Fsp3) is 0.771. The molecule has 0 bridgehead atoms. The van der Waals surface area contributed by atoms with Crippen LogP contribution in [0.15, 0.2) is 48.1 Å². The summed E-state index contributed by atoms with van der Waals surface area (Å²) >= 11 is 0. The average Bonchev–Trinajstić information content (AvgIpc) is 3.15. The van der Waals surface area contributed by atoms with Crippen molar-refractivity contribution in [2.45, 2.75) is 160 Å². The molecule has 1 heteroatoms. The summed E-state index contributed by atoms with van der Waals surface area (Å²) in [7, 11) is -0.232. The van der Waals surface area contributed by atoms with E-state index in [2.05, 4.69) is 63.3 Å². The first-order chi connectivity index (χ1) is 17.6. The Bertz CT molecular complexity index is 727. The molecule has 36 heavy (non-hydrogen) atoms. The second kappa shape index (κ2) is 16.2. The van der Waals surface area contributed by atoms with Crippen LogP contribution in [0.2, 0.25) is 10.6 Å². The lowest BCUT2D eigenvalue weighted by molar-refractivity contribution is 0.280. The molecule has 0 amide bonds. The van der Waals surface area contributed by atoms with Crippen molar-refractivity contribution in [1.29, 1.82) is 0 Å². The first-order valence-corrected chi connectivity index (χ1v) is 17.8. The maximum absolute atomic E-state index is 2.68. The number of rotatable bonds is 19. The summed E-state index contributed by atoms with van der Waals surface area (Å²) < 4.78 is 0. The molecule has 3 rings (SSSR count). The van der Waals surface area contributed by atoms with Crippen molar-refractivity contribution < 1.29 is 0 Å². The molecule has 1 fully saturated rings. The molecule has 4 unspecified atom stereocenters. The van der Waals surface area contributed by atoms with Crippen LogP contribution in [-0.2, 0) is 0 Å². The molecule has 0 heterocycles. The third-order valence-electron chi connectivity index (χ3n) is 9.87. The average molecular weight is 509 g/mol. The van der Waals surface area contributed by atoms with Crippen LogP contribution in [0.1, 0.15) is 149 Å². The van der Waals surface area contributed by atoms with Gasteiger partial charge in [-0.15, -0.1) is 0 Å². The van der Waals surface area contributed by atoms with E-state index in [1.165, 1.54) is 128 Å². The lowest BCUT2D eigenvalue weighted by Gasteiger charge is -2.38. The molecule has 0 spiro atoms. The smallest absolute Gasteiger partial charge is 0.0407 e. The SMILES string of the molecule is CCCCCCCCCCCCCCCCCCC1(C)CC2CC=CC=C2C1[SiH2]C1(C)C=CC=CC1. The van der Waals surface area contributed by atoms with Gasteiger partial charge in [0.2, 0.25) is 0 Å². The zero-order chi connectivity index (χ0) is 25.5. The molecule has 4 atom stereocenters. The largest absolute Gasteiger partial charge is 0.0840 e. The normalized spacial score (nSPS) is 29.4. The van der Waals surface area contributed by atoms with Crippen molar-refractivity contribution in [2.24, 2.45) is 11.3 Å². The lowest BCUT2D eigenvalue weighted by atomic mass is 9.81. The summed E-state index contributed by atoms with van der Waals surface area (Å²) in [6, 6.07) is 0. The Labute approximate surface area is 228 Å². The minimum atomic E-state index is -0.232. The predicted octanol–water partition coefficient (Wildman–Crippen LogP) is 11.2. The molecule has 0 aromatic heterocycles. The Kier molecular flexibility index (Phi) is 13.4. The van der Waals surface area contributed by atoms with E-state index in [1.807, 2.05) is 5.57 Å². The van der Waals surface area contributed by atoms with Crippen LogP contribution in [0.4, 0.5) is 0 Å². The van der Waals surface area contributed by atoms with E-state index in [1.54, 1.807) is 0 Å². The summed E-state index contributed by atoms with van der Waals surface area (Å²) in [6.07, 6.45) is 45.8. The van der Waals surface area contributed by atoms with Crippen molar-refractivity contribution in [3.8, 4) is 0 Å². The second-order valence-electron chi connectivity index (χ2n) is 13.3. The Hall–Kier alpha value is -0.823. The molecule has 1 saturated carbocycles. The molecule has 0 radical (unpaired) electrons. The van der Waals surface area contributed by atoms with Gasteiger partial charge < -0.3 is 0 Å². The van der Waals surface area contributed by atoms with Crippen LogP contribution < -0.4 is 0 Å². The summed E-state index contributed by atoms with van der Waals surface area (Å²) in [5.74, 6) is 0.852. The van der Waals surface area contributed by atoms with Gasteiger partial charge in [-0.2, -0.15) is 0 Å². The monoisotopic (exact) mass is 508 g/mol. The zero-order valence-electron chi connectivity index (χ0n) is 24.5. The van der Waals surface area contributed by atoms with E-state index in [9.17, 15) is 0 Å². The molecule has 0 aliphatic heterocycles. The van der Waals surface area contributed by atoms with Crippen LogP contribution in [0.5, 0.6) is 0 Å². The van der Waals surface area contributed by atoms with Gasteiger partial charge in [0.25, 0.3) is 0 Å². The Morgan fingerprint density at radius 2 is 1.31 bits per heavy atom. The summed E-state index contributed by atoms with van der Waals surface area (Å²) in [5, 5.41) is 0.478. The fourth-order valence-corrected chi connectivity index (χ4v) is 10.6. The summed E-state index contributed by atoms with van der Waals surface area (Å²) in [6.45, 7) is 7.55. The molecule has 3 aliphatic carbocycles. The molecule has 204 valence electrons. The molecule has 0 aromatic rings. The molecular weight excluding hydrogens is 448 g/mol. The van der Waals surface area contributed by atoms with Gasteiger partial charge in [0.15, 0.2) is 0 Å². The van der Waals surface area contributed by atoms with Crippen LogP contribution in [0.25, 0.3) is 0 Å². The molecule has 0 N–H and O–H groups in total. The molecule has 3 aliphatic rings. The molecule has 0 aromatic carbocycles. The van der Waals surface area contributed by atoms with Crippen LogP contribution in [0, 0.1) is 11.3 Å². The highest BCUT2D eigenvalue weighted by molar-refractivity contribution is 6.44. The van der Waals surface area contributed by atoms with Gasteiger partial charge in [0.1, 0.15) is 0 Å². The fourth-order valence-electron chi connectivity index (χ4n) is 7.51. The number of unbranched alkanes of at least 4 members (excludes halogenated alkanes) is 15. The maximum atomic E-state index is 2.68. The third kappa shape index (κ3) is 9.81. The Morgan fingerprint density at radius 3 is 1.86 bits per heavy atom. The van der Waals surface area contributed by atoms with Crippen LogP contribution >= 0.6 is 0 Å². The van der Waals surface area contributed by atoms with Crippen LogP contribution in [-0.4, -0.2) is 9.52 Å². The van der Waals surface area contributed by atoms with Crippen molar-refractivity contribution in [2.75, 3.05) is 0 Å². The number of hydrogen-bond acceptors (Lipinski definition) is 0. The van der Waals surface area contributed by atoms with Crippen molar-refractivity contribution >= 4 is 9.52 Å². The second-order valence-corrected chi connectivity index (χ2v) is 16.2. The lowest BCUT2D eigenvalue weighted by Crippen LogP contribution is -2.29. The van der Waals surface area contributed by atoms with Crippen molar-refractivity contribution in [3.63, 3.8) is 0 Å². The van der Waals surface area contributed by atoms with Gasteiger partial charge in [0, 0.05) is 9.52 Å². The van der Waals surface area contributed by atoms with E-state index in [4.69, 9.17) is 0 Å². The quantitative estimate of drug-likeness (QED) is 0.120. The van der Waals surface area contributed by atoms with E-state index in [0.29, 0.717) is 10.5 Å². The zero-order valence-corrected chi connectivity index (χ0v) is 26.0. The number of fused-ring (bicyclic) bond motifs is 1. The summed E-state index contributed by atoms with van der Waals surface area (Å²) in [4.78, 5) is 0. The molecule has 0 nitrogen and oxygen atoms in total. The van der Waals surface area contributed by atoms with E-state index >= 15 is 0 Å². The van der Waals surface area contributed by atoms with E-state index in [-0.39, 0.29) is 9.52 Å². The van der Waals surface area contributed by atoms with Gasteiger partial charge in [-0.05, 0) is 47.6 Å². The van der Waals surface area contributed by atoms with Gasteiger partial charge in [-0.25, -0.2) is 0 Å². The highest BCUT2D eigenvalue weighted by atomic mass is 28.2. The highest BCUT2D eigenvalue weighted by Gasteiger charge is 2.48. The minimum Gasteiger partial charge on any atom is -0.0840 e.